The first kappa shape index (κ1) is 20.5. The molecule has 0 radical (unpaired) electrons. The van der Waals surface area contributed by atoms with E-state index in [0.717, 1.165) is 50.8 Å². The second kappa shape index (κ2) is 19.6. The van der Waals surface area contributed by atoms with E-state index < -0.39 is 0 Å². The van der Waals surface area contributed by atoms with Gasteiger partial charge in [0.2, 0.25) is 0 Å². The topological polar surface area (TPSA) is 24.1 Å². The van der Waals surface area contributed by atoms with Gasteiger partial charge in [-0.1, -0.05) is 0 Å². The Morgan fingerprint density at radius 2 is 1.00 bits per heavy atom. The molecule has 90 valence electrons. The van der Waals surface area contributed by atoms with E-state index in [1.54, 1.807) is 0 Å². The summed E-state index contributed by atoms with van der Waals surface area (Å²) in [5.74, 6) is 1.49. The van der Waals surface area contributed by atoms with Crippen LogP contribution in [-0.4, -0.2) is 37.9 Å². The largest absolute Gasteiger partial charge is 0.315 e. The molecule has 0 atom stereocenters. The third-order valence-corrected chi connectivity index (χ3v) is 1.99. The maximum Gasteiger partial charge on any atom is 0.0235 e. The molecule has 0 aliphatic carbocycles. The lowest BCUT2D eigenvalue weighted by molar-refractivity contribution is 0.604. The van der Waals surface area contributed by atoms with Gasteiger partial charge in [-0.3, -0.25) is 0 Å². The molecule has 6 heteroatoms. The Kier molecular flexibility index (Phi) is 28.7. The molecule has 0 aromatic rings. The first-order chi connectivity index (χ1) is 5.91. The Bertz CT molecular complexity index is 75.7. The summed E-state index contributed by atoms with van der Waals surface area (Å²) in [7, 11) is 0. The van der Waals surface area contributed by atoms with Crippen LogP contribution in [0.4, 0.5) is 0 Å². The molecule has 2 N–H and O–H groups in total. The smallest absolute Gasteiger partial charge is 0.0235 e. The molecule has 0 saturated carbocycles. The number of hydrogen-bond donors (Lipinski definition) is 2. The van der Waals surface area contributed by atoms with Crippen LogP contribution in [0.3, 0.4) is 0 Å². The highest BCUT2D eigenvalue weighted by Gasteiger charge is 1.87. The van der Waals surface area contributed by atoms with Crippen molar-refractivity contribution in [3.05, 3.63) is 0 Å². The number of rotatable bonds is 9. The van der Waals surface area contributed by atoms with Gasteiger partial charge in [-0.2, -0.15) is 0 Å². The average molecular weight is 286 g/mol. The molecule has 0 aliphatic heterocycles. The zero-order chi connectivity index (χ0) is 9.07. The van der Waals surface area contributed by atoms with E-state index in [0.29, 0.717) is 0 Å². The monoisotopic (exact) mass is 284 g/mol. The zero-order valence-corrected chi connectivity index (χ0v) is 11.4. The fraction of sp³-hybridized carbons (Fsp3) is 1.00. The first-order valence-corrected chi connectivity index (χ1v) is 5.52. The summed E-state index contributed by atoms with van der Waals surface area (Å²) in [6, 6.07) is 0. The lowest BCUT2D eigenvalue weighted by Gasteiger charge is -2.04. The molecule has 0 bridgehead atoms. The summed E-state index contributed by atoms with van der Waals surface area (Å²) in [4.78, 5) is 0. The third-order valence-electron chi connectivity index (χ3n) is 1.45. The summed E-state index contributed by atoms with van der Waals surface area (Å²) in [5.41, 5.74) is 0. The van der Waals surface area contributed by atoms with Gasteiger partial charge >= 0.3 is 0 Å². The minimum atomic E-state index is 0. The SMILES string of the molecule is Cl.Cl.ClCCCNCCNCCCCl. The Morgan fingerprint density at radius 3 is 1.29 bits per heavy atom. The number of nitrogens with one attached hydrogen (secondary N) is 2. The highest BCUT2D eigenvalue weighted by atomic mass is 35.5. The highest BCUT2D eigenvalue weighted by molar-refractivity contribution is 6.18. The predicted molar refractivity (Wildman–Crippen MR) is 70.9 cm³/mol. The second-order valence-corrected chi connectivity index (χ2v) is 3.34. The maximum absolute atomic E-state index is 5.51. The molecule has 0 fully saturated rings. The molecule has 0 heterocycles. The molecule has 0 saturated heterocycles. The van der Waals surface area contributed by atoms with Crippen molar-refractivity contribution in [3.8, 4) is 0 Å². The summed E-state index contributed by atoms with van der Waals surface area (Å²) in [5, 5.41) is 6.57. The van der Waals surface area contributed by atoms with Gasteiger partial charge in [0.05, 0.1) is 0 Å². The van der Waals surface area contributed by atoms with E-state index >= 15 is 0 Å². The van der Waals surface area contributed by atoms with Crippen molar-refractivity contribution in [3.63, 3.8) is 0 Å². The van der Waals surface area contributed by atoms with Crippen molar-refractivity contribution >= 4 is 48.0 Å². The minimum Gasteiger partial charge on any atom is -0.315 e. The summed E-state index contributed by atoms with van der Waals surface area (Å²) in [6.45, 7) is 4.06. The van der Waals surface area contributed by atoms with Gasteiger partial charge < -0.3 is 10.6 Å². The molecule has 0 aromatic heterocycles. The van der Waals surface area contributed by atoms with Crippen LogP contribution < -0.4 is 10.6 Å². The first-order valence-electron chi connectivity index (χ1n) is 4.45. The Hall–Kier alpha value is 1.08. The van der Waals surface area contributed by atoms with E-state index in [4.69, 9.17) is 23.2 Å². The molecule has 0 aliphatic rings. The molecule has 0 amide bonds. The van der Waals surface area contributed by atoms with Gasteiger partial charge in [-0.15, -0.1) is 48.0 Å². The number of hydrogen-bond acceptors (Lipinski definition) is 2. The molecule has 0 spiro atoms. The molecule has 0 aromatic carbocycles. The summed E-state index contributed by atoms with van der Waals surface area (Å²) >= 11 is 11.0. The van der Waals surface area contributed by atoms with Crippen molar-refractivity contribution in [2.75, 3.05) is 37.9 Å². The van der Waals surface area contributed by atoms with E-state index in [1.165, 1.54) is 0 Å². The molecular weight excluding hydrogens is 266 g/mol. The average Bonchev–Trinajstić information content (AvgIpc) is 2.10. The molecule has 0 unspecified atom stereocenters. The van der Waals surface area contributed by atoms with Crippen LogP contribution in [0.5, 0.6) is 0 Å². The number of halogens is 4. The van der Waals surface area contributed by atoms with E-state index in [2.05, 4.69) is 10.6 Å². The van der Waals surface area contributed by atoms with Crippen LogP contribution in [0.2, 0.25) is 0 Å². The van der Waals surface area contributed by atoms with Crippen LogP contribution in [0.1, 0.15) is 12.8 Å². The number of alkyl halides is 2. The van der Waals surface area contributed by atoms with Gasteiger partial charge in [-0.25, -0.2) is 0 Å². The van der Waals surface area contributed by atoms with Gasteiger partial charge in [0, 0.05) is 24.8 Å². The predicted octanol–water partition coefficient (Wildman–Crippen LogP) is 2.27. The van der Waals surface area contributed by atoms with Crippen LogP contribution in [-0.2, 0) is 0 Å². The van der Waals surface area contributed by atoms with Crippen LogP contribution >= 0.6 is 48.0 Å². The van der Waals surface area contributed by atoms with Crippen molar-refractivity contribution in [1.82, 2.24) is 10.6 Å². The quantitative estimate of drug-likeness (QED) is 0.502. The molecule has 2 nitrogen and oxygen atoms in total. The maximum atomic E-state index is 5.51. The van der Waals surface area contributed by atoms with Gasteiger partial charge in [-0.05, 0) is 25.9 Å². The summed E-state index contributed by atoms with van der Waals surface area (Å²) in [6.07, 6.45) is 2.09. The Morgan fingerprint density at radius 1 is 0.643 bits per heavy atom. The van der Waals surface area contributed by atoms with Gasteiger partial charge in [0.15, 0.2) is 0 Å². The summed E-state index contributed by atoms with van der Waals surface area (Å²) < 4.78 is 0. The Labute approximate surface area is 109 Å². The van der Waals surface area contributed by atoms with Crippen molar-refractivity contribution in [2.45, 2.75) is 12.8 Å². The second-order valence-electron chi connectivity index (χ2n) is 2.59. The zero-order valence-electron chi connectivity index (χ0n) is 8.23. The van der Waals surface area contributed by atoms with Gasteiger partial charge in [0.25, 0.3) is 0 Å². The lowest BCUT2D eigenvalue weighted by Crippen LogP contribution is -2.28. The normalized spacial score (nSPS) is 9.00. The lowest BCUT2D eigenvalue weighted by atomic mass is 10.4. The fourth-order valence-electron chi connectivity index (χ4n) is 0.810. The molecule has 0 rings (SSSR count). The van der Waals surface area contributed by atoms with Crippen LogP contribution in [0.25, 0.3) is 0 Å². The van der Waals surface area contributed by atoms with Crippen molar-refractivity contribution < 1.29 is 0 Å². The van der Waals surface area contributed by atoms with E-state index in [1.807, 2.05) is 0 Å². The van der Waals surface area contributed by atoms with Gasteiger partial charge in [0.1, 0.15) is 0 Å². The van der Waals surface area contributed by atoms with Crippen LogP contribution in [0.15, 0.2) is 0 Å². The molecule has 14 heavy (non-hydrogen) atoms. The van der Waals surface area contributed by atoms with Crippen molar-refractivity contribution in [1.29, 1.82) is 0 Å². The Balaban J connectivity index is -0.000000605. The highest BCUT2D eigenvalue weighted by Crippen LogP contribution is 1.81. The van der Waals surface area contributed by atoms with Crippen molar-refractivity contribution in [2.24, 2.45) is 0 Å². The minimum absolute atomic E-state index is 0. The van der Waals surface area contributed by atoms with Crippen LogP contribution in [0, 0.1) is 0 Å². The van der Waals surface area contributed by atoms with E-state index in [-0.39, 0.29) is 24.8 Å². The molecular formula is C8H20Cl4N2. The standard InChI is InChI=1S/C8H18Cl2N2.2ClH/c9-3-1-5-11-7-8-12-6-2-4-10;;/h11-12H,1-8H2;2*1H. The van der Waals surface area contributed by atoms with E-state index in [9.17, 15) is 0 Å². The third kappa shape index (κ3) is 18.8. The fourth-order valence-corrected chi connectivity index (χ4v) is 1.08.